The maximum atomic E-state index is 13.0. The lowest BCUT2D eigenvalue weighted by Gasteiger charge is -2.15. The van der Waals surface area contributed by atoms with E-state index in [1.165, 1.54) is 37.5 Å². The van der Waals surface area contributed by atoms with E-state index >= 15 is 0 Å². The standard InChI is InChI=1S/C27H23FIN3O4/c1-17(19-6-4-3-5-7-19)31-27(34)20(15-30)12-18-13-23(29)26(24(14-18)35-2)36-16-25(33)32-22-10-8-21(28)9-11-22/h3-14,17H,16H2,1-2H3,(H,31,34)(H,32,33)/b20-12-/t17-/m0/s1. The van der Waals surface area contributed by atoms with Crippen molar-refractivity contribution in [1.82, 2.24) is 5.32 Å². The predicted molar refractivity (Wildman–Crippen MR) is 143 cm³/mol. The summed E-state index contributed by atoms with van der Waals surface area (Å²) in [4.78, 5) is 24.9. The van der Waals surface area contributed by atoms with Crippen LogP contribution in [0.1, 0.15) is 24.1 Å². The summed E-state index contributed by atoms with van der Waals surface area (Å²) >= 11 is 2.02. The van der Waals surface area contributed by atoms with Gasteiger partial charge in [0.25, 0.3) is 11.8 Å². The second-order valence-corrected chi connectivity index (χ2v) is 8.82. The molecule has 0 aliphatic heterocycles. The molecular weight excluding hydrogens is 576 g/mol. The molecule has 0 radical (unpaired) electrons. The van der Waals surface area contributed by atoms with E-state index in [1.54, 1.807) is 12.1 Å². The first kappa shape index (κ1) is 26.7. The maximum Gasteiger partial charge on any atom is 0.262 e. The molecule has 0 aliphatic rings. The molecule has 2 N–H and O–H groups in total. The summed E-state index contributed by atoms with van der Waals surface area (Å²) in [6.07, 6.45) is 1.46. The number of nitrogens with zero attached hydrogens (tertiary/aromatic N) is 1. The van der Waals surface area contributed by atoms with E-state index in [0.29, 0.717) is 26.3 Å². The summed E-state index contributed by atoms with van der Waals surface area (Å²) in [5, 5.41) is 15.0. The Labute approximate surface area is 222 Å². The van der Waals surface area contributed by atoms with E-state index in [9.17, 15) is 19.2 Å². The predicted octanol–water partition coefficient (Wildman–Crippen LogP) is 5.24. The van der Waals surface area contributed by atoms with Crippen LogP contribution in [0.15, 0.2) is 72.3 Å². The number of rotatable bonds is 9. The fraction of sp³-hybridized carbons (Fsp3) is 0.148. The van der Waals surface area contributed by atoms with Crippen molar-refractivity contribution in [2.75, 3.05) is 19.0 Å². The van der Waals surface area contributed by atoms with Gasteiger partial charge < -0.3 is 20.1 Å². The largest absolute Gasteiger partial charge is 0.493 e. The Hall–Kier alpha value is -3.91. The molecule has 3 rings (SSSR count). The lowest BCUT2D eigenvalue weighted by atomic mass is 10.1. The molecule has 0 spiro atoms. The lowest BCUT2D eigenvalue weighted by Crippen LogP contribution is -2.27. The van der Waals surface area contributed by atoms with Crippen molar-refractivity contribution in [2.45, 2.75) is 13.0 Å². The molecule has 2 amide bonds. The normalized spacial score (nSPS) is 11.7. The minimum atomic E-state index is -0.499. The topological polar surface area (TPSA) is 100 Å². The summed E-state index contributed by atoms with van der Waals surface area (Å²) in [6.45, 7) is 1.54. The molecule has 0 unspecified atom stereocenters. The zero-order chi connectivity index (χ0) is 26.1. The van der Waals surface area contributed by atoms with E-state index in [2.05, 4.69) is 10.6 Å². The Morgan fingerprint density at radius 2 is 1.83 bits per heavy atom. The summed E-state index contributed by atoms with van der Waals surface area (Å²) in [5.74, 6) is -0.663. The van der Waals surface area contributed by atoms with E-state index < -0.39 is 17.6 Å². The Kier molecular flexibility index (Phi) is 9.41. The highest BCUT2D eigenvalue weighted by Crippen LogP contribution is 2.34. The molecule has 0 bridgehead atoms. The Morgan fingerprint density at radius 1 is 1.14 bits per heavy atom. The fourth-order valence-corrected chi connectivity index (χ4v) is 4.03. The molecule has 0 saturated heterocycles. The van der Waals surface area contributed by atoms with Crippen molar-refractivity contribution in [3.8, 4) is 17.6 Å². The van der Waals surface area contributed by atoms with Crippen molar-refractivity contribution in [1.29, 1.82) is 5.26 Å². The molecule has 184 valence electrons. The Morgan fingerprint density at radius 3 is 2.47 bits per heavy atom. The molecule has 0 saturated carbocycles. The molecule has 0 heterocycles. The molecular formula is C27H23FIN3O4. The van der Waals surface area contributed by atoms with Crippen LogP contribution in [0.25, 0.3) is 6.08 Å². The van der Waals surface area contributed by atoms with Gasteiger partial charge >= 0.3 is 0 Å². The molecule has 7 nitrogen and oxygen atoms in total. The van der Waals surface area contributed by atoms with Gasteiger partial charge in [0.2, 0.25) is 0 Å². The van der Waals surface area contributed by atoms with E-state index in [4.69, 9.17) is 9.47 Å². The van der Waals surface area contributed by atoms with Crippen molar-refractivity contribution in [3.05, 3.63) is 92.8 Å². The van der Waals surface area contributed by atoms with Crippen molar-refractivity contribution in [2.24, 2.45) is 0 Å². The lowest BCUT2D eigenvalue weighted by molar-refractivity contribution is -0.118. The summed E-state index contributed by atoms with van der Waals surface area (Å²) < 4.78 is 24.7. The summed E-state index contributed by atoms with van der Waals surface area (Å²) in [5.41, 5.74) is 1.85. The van der Waals surface area contributed by atoms with Gasteiger partial charge in [-0.15, -0.1) is 0 Å². The third kappa shape index (κ3) is 7.29. The smallest absolute Gasteiger partial charge is 0.262 e. The van der Waals surface area contributed by atoms with E-state index in [-0.39, 0.29) is 18.2 Å². The van der Waals surface area contributed by atoms with Gasteiger partial charge in [-0.1, -0.05) is 30.3 Å². The summed E-state index contributed by atoms with van der Waals surface area (Å²) in [7, 11) is 1.45. The third-order valence-corrected chi connectivity index (χ3v) is 5.85. The summed E-state index contributed by atoms with van der Waals surface area (Å²) in [6, 6.07) is 19.8. The van der Waals surface area contributed by atoms with Crippen LogP contribution in [0.3, 0.4) is 0 Å². The van der Waals surface area contributed by atoms with Crippen LogP contribution in [-0.4, -0.2) is 25.5 Å². The highest BCUT2D eigenvalue weighted by atomic mass is 127. The van der Waals surface area contributed by atoms with Gasteiger partial charge in [-0.05, 0) is 83.1 Å². The van der Waals surface area contributed by atoms with Crippen LogP contribution in [0.5, 0.6) is 11.5 Å². The van der Waals surface area contributed by atoms with Gasteiger partial charge in [0.05, 0.1) is 16.7 Å². The molecule has 3 aromatic carbocycles. The van der Waals surface area contributed by atoms with Crippen molar-refractivity contribution in [3.63, 3.8) is 0 Å². The minimum absolute atomic E-state index is 0.0667. The van der Waals surface area contributed by atoms with Gasteiger partial charge in [0, 0.05) is 5.69 Å². The van der Waals surface area contributed by atoms with E-state index in [1.807, 2.05) is 65.9 Å². The highest BCUT2D eigenvalue weighted by Gasteiger charge is 2.17. The third-order valence-electron chi connectivity index (χ3n) is 5.05. The second-order valence-electron chi connectivity index (χ2n) is 7.65. The first-order chi connectivity index (χ1) is 17.3. The number of nitriles is 1. The number of carbonyl (C=O) groups excluding carboxylic acids is 2. The number of hydrogen-bond donors (Lipinski definition) is 2. The van der Waals surface area contributed by atoms with Crippen molar-refractivity contribution < 1.29 is 23.5 Å². The Bertz CT molecular complexity index is 1310. The van der Waals surface area contributed by atoms with Gasteiger partial charge in [0.1, 0.15) is 17.5 Å². The van der Waals surface area contributed by atoms with Crippen LogP contribution in [-0.2, 0) is 9.59 Å². The molecule has 3 aromatic rings. The van der Waals surface area contributed by atoms with Gasteiger partial charge in [0.15, 0.2) is 18.1 Å². The number of carbonyl (C=O) groups is 2. The number of amides is 2. The average Bonchev–Trinajstić information content (AvgIpc) is 2.88. The number of halogens is 2. The van der Waals surface area contributed by atoms with Gasteiger partial charge in [-0.3, -0.25) is 9.59 Å². The number of nitrogens with one attached hydrogen (secondary N) is 2. The minimum Gasteiger partial charge on any atom is -0.493 e. The van der Waals surface area contributed by atoms with Crippen LogP contribution in [0, 0.1) is 20.7 Å². The monoisotopic (exact) mass is 599 g/mol. The van der Waals surface area contributed by atoms with Gasteiger partial charge in [-0.2, -0.15) is 5.26 Å². The average molecular weight is 599 g/mol. The first-order valence-electron chi connectivity index (χ1n) is 10.8. The van der Waals surface area contributed by atoms with Crippen LogP contribution in [0.4, 0.5) is 10.1 Å². The SMILES string of the molecule is COc1cc(/C=C(/C#N)C(=O)N[C@@H](C)c2ccccc2)cc(I)c1OCC(=O)Nc1ccc(F)cc1. The number of anilines is 1. The first-order valence-corrected chi connectivity index (χ1v) is 11.9. The molecule has 0 aromatic heterocycles. The molecule has 0 fully saturated rings. The van der Waals surface area contributed by atoms with Gasteiger partial charge in [-0.25, -0.2) is 4.39 Å². The molecule has 1 atom stereocenters. The number of hydrogen-bond acceptors (Lipinski definition) is 5. The molecule has 0 aliphatic carbocycles. The van der Waals surface area contributed by atoms with Crippen LogP contribution in [0.2, 0.25) is 0 Å². The number of ether oxygens (including phenoxy) is 2. The quantitative estimate of drug-likeness (QED) is 0.199. The van der Waals surface area contributed by atoms with Crippen LogP contribution >= 0.6 is 22.6 Å². The molecule has 36 heavy (non-hydrogen) atoms. The zero-order valence-electron chi connectivity index (χ0n) is 19.5. The van der Waals surface area contributed by atoms with Crippen molar-refractivity contribution >= 4 is 46.2 Å². The number of methoxy groups -OCH3 is 1. The maximum absolute atomic E-state index is 13.0. The number of benzene rings is 3. The highest BCUT2D eigenvalue weighted by molar-refractivity contribution is 14.1. The van der Waals surface area contributed by atoms with Crippen LogP contribution < -0.4 is 20.1 Å². The Balaban J connectivity index is 1.71. The zero-order valence-corrected chi connectivity index (χ0v) is 21.7. The molecule has 9 heteroatoms. The fourth-order valence-electron chi connectivity index (χ4n) is 3.25. The van der Waals surface area contributed by atoms with E-state index in [0.717, 1.165) is 5.56 Å². The second kappa shape index (κ2) is 12.7.